The number of hydrogen-bond donors (Lipinski definition) is 2. The third kappa shape index (κ3) is 8.04. The van der Waals surface area contributed by atoms with Crippen molar-refractivity contribution in [1.82, 2.24) is 19.9 Å². The van der Waals surface area contributed by atoms with Gasteiger partial charge >= 0.3 is 0 Å². The normalized spacial score (nSPS) is 15.0. The molecule has 0 spiro atoms. The summed E-state index contributed by atoms with van der Waals surface area (Å²) in [6.45, 7) is 4.62. The molecule has 3 aliphatic rings. The summed E-state index contributed by atoms with van der Waals surface area (Å²) in [5, 5.41) is 0. The van der Waals surface area contributed by atoms with E-state index in [1.807, 2.05) is 0 Å². The fourth-order valence-corrected chi connectivity index (χ4v) is 9.65. The largest absolute Gasteiger partial charge is 0.361 e. The summed E-state index contributed by atoms with van der Waals surface area (Å²) < 4.78 is 0. The molecular formula is C56H56N4. The smallest absolute Gasteiger partial charge is 0.0737 e. The van der Waals surface area contributed by atoms with E-state index in [1.54, 1.807) is 0 Å². The van der Waals surface area contributed by atoms with Crippen LogP contribution < -0.4 is 0 Å². The van der Waals surface area contributed by atoms with E-state index in [1.165, 1.54) is 85.0 Å². The van der Waals surface area contributed by atoms with Crippen molar-refractivity contribution in [2.75, 3.05) is 0 Å². The van der Waals surface area contributed by atoms with Crippen molar-refractivity contribution in [3.63, 3.8) is 0 Å². The first-order chi connectivity index (χ1) is 29.7. The predicted molar refractivity (Wildman–Crippen MR) is 255 cm³/mol. The van der Waals surface area contributed by atoms with Crippen molar-refractivity contribution in [2.45, 2.75) is 89.9 Å². The number of aromatic amines is 2. The minimum atomic E-state index is 0.298. The SMILES string of the molecule is CCCCCCC1c2[nH]c(c(-c3ccccc3)c3nc(c(-c4ccccc4)c4ccc([nH]4)c(-c4ccccc4)c4nc(c2-c2ccccc2)C=C4)C=C3)C1CCCCCC. The maximum absolute atomic E-state index is 5.64. The highest BCUT2D eigenvalue weighted by Gasteiger charge is 2.36. The number of rotatable bonds is 14. The first-order valence-corrected chi connectivity index (χ1v) is 22.4. The fraction of sp³-hybridized carbons (Fsp3) is 0.250. The van der Waals surface area contributed by atoms with Gasteiger partial charge in [-0.25, -0.2) is 9.97 Å². The lowest BCUT2D eigenvalue weighted by Gasteiger charge is -2.24. The molecule has 2 unspecified atom stereocenters. The first kappa shape index (κ1) is 39.2. The molecule has 0 radical (unpaired) electrons. The summed E-state index contributed by atoms with van der Waals surface area (Å²) in [4.78, 5) is 19.5. The van der Waals surface area contributed by atoms with Gasteiger partial charge in [-0.3, -0.25) is 0 Å². The van der Waals surface area contributed by atoms with Crippen LogP contribution in [0.1, 0.15) is 124 Å². The molecule has 2 atom stereocenters. The standard InChI is InChI=1S/C56H56N4/c1-3-5-7-21-31-43-44(32-22-8-6-4-2)56-54(42-29-19-12-20-30-42)50-38-36-48(59-50)52(40-25-15-10-16-26-40)46-34-33-45(57-46)51(39-23-13-9-14-24-39)47-35-37-49(58-47)53(55(43)60-56)41-27-17-11-18-28-41/h9-20,23-30,33-38,43-44,57,60H,3-8,21-22,31-32H2,1-2H3. The van der Waals surface area contributed by atoms with Crippen LogP contribution in [0.25, 0.3) is 79.8 Å². The van der Waals surface area contributed by atoms with Crippen molar-refractivity contribution in [3.8, 4) is 44.5 Å². The molecule has 0 saturated heterocycles. The van der Waals surface area contributed by atoms with E-state index in [0.29, 0.717) is 11.8 Å². The first-order valence-electron chi connectivity index (χ1n) is 22.4. The lowest BCUT2D eigenvalue weighted by atomic mass is 9.78. The van der Waals surface area contributed by atoms with Gasteiger partial charge in [-0.05, 0) is 71.5 Å². The van der Waals surface area contributed by atoms with Crippen LogP contribution in [-0.4, -0.2) is 19.9 Å². The van der Waals surface area contributed by atoms with E-state index in [4.69, 9.17) is 9.97 Å². The summed E-state index contributed by atoms with van der Waals surface area (Å²) in [6, 6.07) is 47.9. The minimum Gasteiger partial charge on any atom is -0.361 e. The Balaban J connectivity index is 1.45. The molecule has 300 valence electrons. The van der Waals surface area contributed by atoms with Crippen LogP contribution in [0.15, 0.2) is 133 Å². The van der Waals surface area contributed by atoms with Crippen LogP contribution in [0.3, 0.4) is 0 Å². The van der Waals surface area contributed by atoms with Crippen LogP contribution in [0, 0.1) is 0 Å². The van der Waals surface area contributed by atoms with Crippen molar-refractivity contribution >= 4 is 35.3 Å². The Bertz CT molecular complexity index is 2480. The molecule has 4 heteroatoms. The number of nitrogens with zero attached hydrogens (tertiary/aromatic N) is 2. The van der Waals surface area contributed by atoms with Crippen LogP contribution >= 0.6 is 0 Å². The molecule has 8 bridgehead atoms. The summed E-state index contributed by atoms with van der Waals surface area (Å²) >= 11 is 0. The maximum atomic E-state index is 5.64. The Kier molecular flexibility index (Phi) is 12.0. The molecule has 0 saturated carbocycles. The van der Waals surface area contributed by atoms with Crippen LogP contribution in [0.4, 0.5) is 0 Å². The second kappa shape index (κ2) is 18.3. The van der Waals surface area contributed by atoms with E-state index in [9.17, 15) is 0 Å². The number of fused-ring (bicyclic) bond motifs is 8. The highest BCUT2D eigenvalue weighted by molar-refractivity contribution is 5.97. The minimum absolute atomic E-state index is 0.298. The van der Waals surface area contributed by atoms with Gasteiger partial charge in [0.15, 0.2) is 0 Å². The molecular weight excluding hydrogens is 729 g/mol. The Labute approximate surface area is 355 Å². The molecule has 4 aromatic carbocycles. The molecule has 4 nitrogen and oxygen atoms in total. The Hall–Kier alpha value is -6.26. The van der Waals surface area contributed by atoms with Gasteiger partial charge < -0.3 is 9.97 Å². The number of unbranched alkanes of at least 4 members (excludes halogenated alkanes) is 6. The zero-order chi connectivity index (χ0) is 40.7. The Morgan fingerprint density at radius 3 is 1.05 bits per heavy atom. The molecule has 2 N–H and O–H groups in total. The molecule has 5 heterocycles. The predicted octanol–water partition coefficient (Wildman–Crippen LogP) is 15.9. The van der Waals surface area contributed by atoms with E-state index < -0.39 is 0 Å². The zero-order valence-corrected chi connectivity index (χ0v) is 35.1. The Morgan fingerprint density at radius 2 is 0.700 bits per heavy atom. The van der Waals surface area contributed by atoms with Gasteiger partial charge in [-0.2, -0.15) is 0 Å². The molecule has 0 amide bonds. The summed E-state index contributed by atoms with van der Waals surface area (Å²) in [5.41, 5.74) is 17.7. The van der Waals surface area contributed by atoms with Gasteiger partial charge in [0, 0.05) is 56.5 Å². The van der Waals surface area contributed by atoms with Crippen molar-refractivity contribution in [3.05, 3.63) is 168 Å². The average molecular weight is 785 g/mol. The van der Waals surface area contributed by atoms with Crippen molar-refractivity contribution in [1.29, 1.82) is 0 Å². The van der Waals surface area contributed by atoms with Gasteiger partial charge in [0.25, 0.3) is 0 Å². The molecule has 3 aliphatic heterocycles. The summed E-state index contributed by atoms with van der Waals surface area (Å²) in [5.74, 6) is 0.597. The quantitative estimate of drug-likeness (QED) is 0.108. The second-order valence-corrected chi connectivity index (χ2v) is 16.5. The van der Waals surface area contributed by atoms with E-state index >= 15 is 0 Å². The molecule has 0 fully saturated rings. The van der Waals surface area contributed by atoms with Gasteiger partial charge in [0.05, 0.1) is 22.8 Å². The van der Waals surface area contributed by atoms with Crippen LogP contribution in [0.2, 0.25) is 0 Å². The third-order valence-corrected chi connectivity index (χ3v) is 12.6. The monoisotopic (exact) mass is 784 g/mol. The third-order valence-electron chi connectivity index (χ3n) is 12.6. The fourth-order valence-electron chi connectivity index (χ4n) is 9.65. The highest BCUT2D eigenvalue weighted by atomic mass is 14.8. The van der Waals surface area contributed by atoms with Crippen LogP contribution in [-0.2, 0) is 0 Å². The average Bonchev–Trinajstić information content (AvgIpc) is 4.13. The number of H-pyrrole nitrogens is 2. The highest BCUT2D eigenvalue weighted by Crippen LogP contribution is 2.50. The lowest BCUT2D eigenvalue weighted by Crippen LogP contribution is -2.09. The molecule has 6 aromatic rings. The van der Waals surface area contributed by atoms with Gasteiger partial charge in [0.2, 0.25) is 0 Å². The van der Waals surface area contributed by atoms with Gasteiger partial charge in [-0.1, -0.05) is 187 Å². The summed E-state index contributed by atoms with van der Waals surface area (Å²) in [6.07, 6.45) is 21.0. The van der Waals surface area contributed by atoms with E-state index in [-0.39, 0.29) is 0 Å². The number of aromatic nitrogens is 4. The van der Waals surface area contributed by atoms with E-state index in [0.717, 1.165) is 68.9 Å². The van der Waals surface area contributed by atoms with Gasteiger partial charge in [-0.15, -0.1) is 0 Å². The second-order valence-electron chi connectivity index (χ2n) is 16.5. The lowest BCUT2D eigenvalue weighted by molar-refractivity contribution is 0.452. The topological polar surface area (TPSA) is 57.4 Å². The van der Waals surface area contributed by atoms with Gasteiger partial charge in [0.1, 0.15) is 0 Å². The zero-order valence-electron chi connectivity index (χ0n) is 35.1. The summed E-state index contributed by atoms with van der Waals surface area (Å²) in [7, 11) is 0. The molecule has 2 aromatic heterocycles. The number of benzene rings is 4. The number of nitrogens with one attached hydrogen (secondary N) is 2. The Morgan fingerprint density at radius 1 is 0.367 bits per heavy atom. The molecule has 0 aliphatic carbocycles. The van der Waals surface area contributed by atoms with Crippen molar-refractivity contribution in [2.24, 2.45) is 0 Å². The number of hydrogen-bond acceptors (Lipinski definition) is 2. The maximum Gasteiger partial charge on any atom is 0.0737 e. The van der Waals surface area contributed by atoms with Crippen LogP contribution in [0.5, 0.6) is 0 Å². The van der Waals surface area contributed by atoms with E-state index in [2.05, 4.69) is 182 Å². The molecule has 9 rings (SSSR count). The van der Waals surface area contributed by atoms with Crippen molar-refractivity contribution < 1.29 is 0 Å². The molecule has 60 heavy (non-hydrogen) atoms.